The van der Waals surface area contributed by atoms with Crippen molar-refractivity contribution in [2.24, 2.45) is 5.41 Å². The Morgan fingerprint density at radius 1 is 1.00 bits per heavy atom. The molecule has 1 saturated carbocycles. The second-order valence-electron chi connectivity index (χ2n) is 9.82. The van der Waals surface area contributed by atoms with Gasteiger partial charge in [0.15, 0.2) is 0 Å². The van der Waals surface area contributed by atoms with Gasteiger partial charge in [0.1, 0.15) is 11.9 Å². The highest BCUT2D eigenvalue weighted by Gasteiger charge is 2.36. The van der Waals surface area contributed by atoms with Gasteiger partial charge in [-0.3, -0.25) is 4.98 Å². The highest BCUT2D eigenvalue weighted by Crippen LogP contribution is 2.41. The van der Waals surface area contributed by atoms with Crippen LogP contribution in [0.1, 0.15) is 101 Å². The first-order chi connectivity index (χ1) is 17.1. The van der Waals surface area contributed by atoms with Gasteiger partial charge in [-0.15, -0.1) is 0 Å². The Labute approximate surface area is 210 Å². The highest BCUT2D eigenvalue weighted by molar-refractivity contribution is 5.90. The number of rotatable bonds is 13. The number of nitrogens with zero attached hydrogens (tertiary/aromatic N) is 2. The lowest BCUT2D eigenvalue weighted by atomic mass is 9.71. The molecule has 2 aromatic rings. The molecule has 0 atom stereocenters. The van der Waals surface area contributed by atoms with Crippen molar-refractivity contribution in [1.29, 1.82) is 5.26 Å². The molecule has 0 aliphatic heterocycles. The number of benzene rings is 1. The lowest BCUT2D eigenvalue weighted by Gasteiger charge is -2.34. The standard InChI is InChI=1S/C30H40N2O3/c1-3-5-7-8-9-18-30(23-31)19-16-26(17-20-30)35-29(33)25-12-10-24(11-13-25)28-15-14-27(22-32-28)34-21-6-4-2/h10-15,22,26H,3-9,16-21H2,1-2H3. The molecule has 5 nitrogen and oxygen atoms in total. The molecule has 0 spiro atoms. The smallest absolute Gasteiger partial charge is 0.338 e. The van der Waals surface area contributed by atoms with Gasteiger partial charge in [0.25, 0.3) is 0 Å². The predicted octanol–water partition coefficient (Wildman–Crippen LogP) is 7.90. The summed E-state index contributed by atoms with van der Waals surface area (Å²) in [5, 5.41) is 9.80. The fourth-order valence-corrected chi connectivity index (χ4v) is 4.71. The van der Waals surface area contributed by atoms with Crippen LogP contribution in [0, 0.1) is 16.7 Å². The van der Waals surface area contributed by atoms with Crippen LogP contribution in [0.15, 0.2) is 42.6 Å². The van der Waals surface area contributed by atoms with Gasteiger partial charge in [0.2, 0.25) is 0 Å². The van der Waals surface area contributed by atoms with Crippen molar-refractivity contribution in [3.05, 3.63) is 48.2 Å². The van der Waals surface area contributed by atoms with Crippen LogP contribution in [0.25, 0.3) is 11.3 Å². The Kier molecular flexibility index (Phi) is 10.6. The van der Waals surface area contributed by atoms with Crippen LogP contribution in [0.2, 0.25) is 0 Å². The molecule has 1 fully saturated rings. The van der Waals surface area contributed by atoms with Crippen LogP contribution in [-0.2, 0) is 4.74 Å². The van der Waals surface area contributed by atoms with Gasteiger partial charge in [-0.05, 0) is 62.8 Å². The number of nitriles is 1. The third kappa shape index (κ3) is 8.09. The van der Waals surface area contributed by atoms with E-state index in [-0.39, 0.29) is 17.5 Å². The normalized spacial score (nSPS) is 19.6. The number of carbonyl (C=O) groups is 1. The van der Waals surface area contributed by atoms with Crippen LogP contribution >= 0.6 is 0 Å². The lowest BCUT2D eigenvalue weighted by Crippen LogP contribution is -2.31. The average Bonchev–Trinajstić information content (AvgIpc) is 2.90. The van der Waals surface area contributed by atoms with E-state index in [2.05, 4.69) is 24.9 Å². The molecule has 5 heteroatoms. The molecular weight excluding hydrogens is 436 g/mol. The van der Waals surface area contributed by atoms with E-state index in [1.807, 2.05) is 24.3 Å². The summed E-state index contributed by atoms with van der Waals surface area (Å²) in [6, 6.07) is 13.8. The molecule has 0 N–H and O–H groups in total. The second-order valence-corrected chi connectivity index (χ2v) is 9.82. The van der Waals surface area contributed by atoms with Crippen molar-refractivity contribution in [2.75, 3.05) is 6.61 Å². The van der Waals surface area contributed by atoms with Crippen LogP contribution in [0.4, 0.5) is 0 Å². The van der Waals surface area contributed by atoms with Gasteiger partial charge in [-0.1, -0.05) is 64.5 Å². The van der Waals surface area contributed by atoms with E-state index in [0.717, 1.165) is 68.4 Å². The number of carbonyl (C=O) groups excluding carboxylic acids is 1. The third-order valence-corrected chi connectivity index (χ3v) is 7.08. The zero-order valence-electron chi connectivity index (χ0n) is 21.4. The van der Waals surface area contributed by atoms with E-state index >= 15 is 0 Å². The molecule has 0 saturated heterocycles. The third-order valence-electron chi connectivity index (χ3n) is 7.08. The molecule has 35 heavy (non-hydrogen) atoms. The molecular formula is C30H40N2O3. The van der Waals surface area contributed by atoms with E-state index in [1.54, 1.807) is 18.3 Å². The van der Waals surface area contributed by atoms with E-state index in [0.29, 0.717) is 12.2 Å². The predicted molar refractivity (Wildman–Crippen MR) is 139 cm³/mol. The molecule has 0 radical (unpaired) electrons. The maximum atomic E-state index is 12.7. The van der Waals surface area contributed by atoms with Crippen LogP contribution < -0.4 is 4.74 Å². The van der Waals surface area contributed by atoms with Crippen molar-refractivity contribution in [1.82, 2.24) is 4.98 Å². The van der Waals surface area contributed by atoms with Crippen LogP contribution in [0.5, 0.6) is 5.75 Å². The van der Waals surface area contributed by atoms with Gasteiger partial charge in [0.05, 0.1) is 35.5 Å². The first-order valence-corrected chi connectivity index (χ1v) is 13.4. The molecule has 0 bridgehead atoms. The number of hydrogen-bond donors (Lipinski definition) is 0. The Hall–Kier alpha value is -2.87. The Balaban J connectivity index is 1.47. The number of hydrogen-bond acceptors (Lipinski definition) is 5. The summed E-state index contributed by atoms with van der Waals surface area (Å²) in [5.74, 6) is 0.477. The molecule has 0 amide bonds. The maximum absolute atomic E-state index is 12.7. The summed E-state index contributed by atoms with van der Waals surface area (Å²) in [6.45, 7) is 5.05. The summed E-state index contributed by atoms with van der Waals surface area (Å²) < 4.78 is 11.5. The van der Waals surface area contributed by atoms with E-state index in [9.17, 15) is 10.1 Å². The fraction of sp³-hybridized carbons (Fsp3) is 0.567. The molecule has 1 aromatic heterocycles. The highest BCUT2D eigenvalue weighted by atomic mass is 16.5. The van der Waals surface area contributed by atoms with Crippen molar-refractivity contribution < 1.29 is 14.3 Å². The monoisotopic (exact) mass is 476 g/mol. The number of pyridine rings is 1. The zero-order chi connectivity index (χ0) is 24.9. The first-order valence-electron chi connectivity index (χ1n) is 13.4. The average molecular weight is 477 g/mol. The Morgan fingerprint density at radius 2 is 1.71 bits per heavy atom. The molecule has 3 rings (SSSR count). The molecule has 0 unspecified atom stereocenters. The molecule has 1 aliphatic rings. The number of unbranched alkanes of at least 4 members (excludes halogenated alkanes) is 5. The van der Waals surface area contributed by atoms with E-state index in [4.69, 9.17) is 9.47 Å². The minimum Gasteiger partial charge on any atom is -0.492 e. The van der Waals surface area contributed by atoms with Crippen molar-refractivity contribution in [3.8, 4) is 23.1 Å². The summed E-state index contributed by atoms with van der Waals surface area (Å²) in [7, 11) is 0. The van der Waals surface area contributed by atoms with Crippen LogP contribution in [0.3, 0.4) is 0 Å². The second kappa shape index (κ2) is 13.9. The molecule has 1 heterocycles. The van der Waals surface area contributed by atoms with Crippen molar-refractivity contribution in [3.63, 3.8) is 0 Å². The first kappa shape index (κ1) is 26.7. The van der Waals surface area contributed by atoms with Crippen molar-refractivity contribution in [2.45, 2.75) is 97.0 Å². The fourth-order valence-electron chi connectivity index (χ4n) is 4.71. The van der Waals surface area contributed by atoms with Gasteiger partial charge >= 0.3 is 5.97 Å². The minimum absolute atomic E-state index is 0.106. The summed E-state index contributed by atoms with van der Waals surface area (Å²) >= 11 is 0. The van der Waals surface area contributed by atoms with E-state index < -0.39 is 0 Å². The lowest BCUT2D eigenvalue weighted by molar-refractivity contribution is 0.0105. The molecule has 188 valence electrons. The van der Waals surface area contributed by atoms with E-state index in [1.165, 1.54) is 25.7 Å². The summed E-state index contributed by atoms with van der Waals surface area (Å²) in [5.41, 5.74) is 2.08. The SMILES string of the molecule is CCCCCCCC1(C#N)CCC(OC(=O)c2ccc(-c3ccc(OCCCC)cn3)cc2)CC1. The number of ether oxygens (including phenoxy) is 2. The van der Waals surface area contributed by atoms with Gasteiger partial charge in [0, 0.05) is 5.56 Å². The topological polar surface area (TPSA) is 72.2 Å². The molecule has 1 aliphatic carbocycles. The van der Waals surface area contributed by atoms with Gasteiger partial charge < -0.3 is 9.47 Å². The van der Waals surface area contributed by atoms with Gasteiger partial charge in [-0.25, -0.2) is 4.79 Å². The number of aromatic nitrogens is 1. The minimum atomic E-state index is -0.293. The zero-order valence-corrected chi connectivity index (χ0v) is 21.4. The molecule has 1 aromatic carbocycles. The van der Waals surface area contributed by atoms with Crippen molar-refractivity contribution >= 4 is 5.97 Å². The maximum Gasteiger partial charge on any atom is 0.338 e. The van der Waals surface area contributed by atoms with Gasteiger partial charge in [-0.2, -0.15) is 5.26 Å². The van der Waals surface area contributed by atoms with Crippen LogP contribution in [-0.4, -0.2) is 23.7 Å². The Bertz CT molecular complexity index is 939. The Morgan fingerprint density at radius 3 is 2.34 bits per heavy atom. The largest absolute Gasteiger partial charge is 0.492 e. The summed E-state index contributed by atoms with van der Waals surface area (Å²) in [4.78, 5) is 17.2. The number of esters is 1. The summed E-state index contributed by atoms with van der Waals surface area (Å²) in [6.07, 6.45) is 14.0. The quantitative estimate of drug-likeness (QED) is 0.217.